The molecule has 1 aliphatic rings. The number of thiazole rings is 1. The predicted octanol–water partition coefficient (Wildman–Crippen LogP) is 5.10. The van der Waals surface area contributed by atoms with Gasteiger partial charge in [0.2, 0.25) is 0 Å². The zero-order chi connectivity index (χ0) is 26.1. The van der Waals surface area contributed by atoms with Gasteiger partial charge < -0.3 is 9.47 Å². The second kappa shape index (κ2) is 11.2. The van der Waals surface area contributed by atoms with Crippen LogP contribution in [0.15, 0.2) is 57.5 Å². The Labute approximate surface area is 241 Å². The van der Waals surface area contributed by atoms with Crippen molar-refractivity contribution in [2.75, 3.05) is 6.61 Å². The third-order valence-electron chi connectivity index (χ3n) is 5.58. The lowest BCUT2D eigenvalue weighted by Crippen LogP contribution is -2.39. The molecule has 36 heavy (non-hydrogen) atoms. The van der Waals surface area contributed by atoms with Crippen LogP contribution in [0.5, 0.6) is 5.75 Å². The average molecular weight is 728 g/mol. The van der Waals surface area contributed by atoms with Gasteiger partial charge in [-0.15, -0.1) is 0 Å². The molecule has 0 saturated heterocycles. The molecule has 188 valence electrons. The minimum Gasteiger partial charge on any atom is -0.489 e. The Morgan fingerprint density at radius 1 is 1.17 bits per heavy atom. The van der Waals surface area contributed by atoms with E-state index in [4.69, 9.17) is 9.47 Å². The molecule has 0 radical (unpaired) electrons. The number of esters is 1. The number of carbonyl (C=O) groups excluding carboxylic acids is 1. The Hall–Kier alpha value is -1.99. The van der Waals surface area contributed by atoms with Crippen LogP contribution in [0.25, 0.3) is 6.08 Å². The van der Waals surface area contributed by atoms with Crippen LogP contribution in [-0.4, -0.2) is 23.2 Å². The summed E-state index contributed by atoms with van der Waals surface area (Å²) in [7, 11) is 0. The molecule has 0 amide bonds. The van der Waals surface area contributed by atoms with Gasteiger partial charge in [-0.1, -0.05) is 41.2 Å². The molecule has 0 unspecified atom stereocenters. The lowest BCUT2D eigenvalue weighted by atomic mass is 9.95. The number of fused-ring (bicyclic) bond motifs is 1. The fourth-order valence-electron chi connectivity index (χ4n) is 4.02. The van der Waals surface area contributed by atoms with E-state index in [0.29, 0.717) is 20.6 Å². The number of halogens is 2. The van der Waals surface area contributed by atoms with E-state index in [-0.39, 0.29) is 18.3 Å². The first-order valence-electron chi connectivity index (χ1n) is 11.5. The molecule has 0 spiro atoms. The fourth-order valence-corrected chi connectivity index (χ4v) is 7.14. The van der Waals surface area contributed by atoms with E-state index in [1.807, 2.05) is 63.2 Å². The Kier molecular flexibility index (Phi) is 8.40. The van der Waals surface area contributed by atoms with Gasteiger partial charge in [0.05, 0.1) is 41.7 Å². The summed E-state index contributed by atoms with van der Waals surface area (Å²) >= 11 is 5.84. The molecular formula is C27H26I2N2O4S. The largest absolute Gasteiger partial charge is 0.489 e. The molecule has 0 N–H and O–H groups in total. The van der Waals surface area contributed by atoms with Crippen LogP contribution in [0.3, 0.4) is 0 Å². The number of hydrogen-bond acceptors (Lipinski definition) is 6. The molecule has 0 bridgehead atoms. The highest BCUT2D eigenvalue weighted by Gasteiger charge is 2.33. The van der Waals surface area contributed by atoms with Crippen molar-refractivity contribution >= 4 is 68.6 Å². The second-order valence-corrected chi connectivity index (χ2v) is 12.0. The number of aryl methyl sites for hydroxylation is 1. The quantitative estimate of drug-likeness (QED) is 0.262. The van der Waals surface area contributed by atoms with E-state index in [0.717, 1.165) is 29.6 Å². The first kappa shape index (κ1) is 27.1. The molecule has 0 aliphatic carbocycles. The maximum Gasteiger partial charge on any atom is 0.338 e. The highest BCUT2D eigenvalue weighted by Crippen LogP contribution is 2.32. The van der Waals surface area contributed by atoms with Crippen molar-refractivity contribution in [3.63, 3.8) is 0 Å². The maximum atomic E-state index is 13.8. The van der Waals surface area contributed by atoms with Gasteiger partial charge in [0.15, 0.2) is 4.80 Å². The van der Waals surface area contributed by atoms with E-state index in [1.54, 1.807) is 18.4 Å². The second-order valence-electron chi connectivity index (χ2n) is 8.69. The molecule has 1 aromatic heterocycles. The summed E-state index contributed by atoms with van der Waals surface area (Å²) in [5.41, 5.74) is 3.60. The molecule has 4 rings (SSSR count). The van der Waals surface area contributed by atoms with E-state index >= 15 is 0 Å². The number of rotatable bonds is 6. The van der Waals surface area contributed by atoms with Gasteiger partial charge in [-0.3, -0.25) is 9.36 Å². The Bertz CT molecular complexity index is 1510. The van der Waals surface area contributed by atoms with E-state index in [1.165, 1.54) is 11.3 Å². The number of ether oxygens (including phenoxy) is 2. The summed E-state index contributed by atoms with van der Waals surface area (Å²) in [4.78, 5) is 32.0. The normalized spacial score (nSPS) is 15.7. The first-order chi connectivity index (χ1) is 17.1. The minimum absolute atomic E-state index is 0.0696. The Morgan fingerprint density at radius 3 is 2.39 bits per heavy atom. The van der Waals surface area contributed by atoms with Gasteiger partial charge in [0.1, 0.15) is 5.75 Å². The third kappa shape index (κ3) is 5.47. The zero-order valence-electron chi connectivity index (χ0n) is 20.6. The highest BCUT2D eigenvalue weighted by atomic mass is 127. The van der Waals surface area contributed by atoms with Crippen molar-refractivity contribution in [1.29, 1.82) is 0 Å². The summed E-state index contributed by atoms with van der Waals surface area (Å²) in [5.74, 6) is 0.391. The summed E-state index contributed by atoms with van der Waals surface area (Å²) in [5, 5.41) is 0. The number of hydrogen-bond donors (Lipinski definition) is 0. The first-order valence-corrected chi connectivity index (χ1v) is 14.5. The summed E-state index contributed by atoms with van der Waals surface area (Å²) in [6, 6.07) is 11.3. The minimum atomic E-state index is -0.606. The summed E-state index contributed by atoms with van der Waals surface area (Å²) in [6.45, 7) is 9.81. The Morgan fingerprint density at radius 2 is 1.81 bits per heavy atom. The van der Waals surface area contributed by atoms with Crippen LogP contribution >= 0.6 is 56.5 Å². The number of aromatic nitrogens is 1. The molecule has 6 nitrogen and oxygen atoms in total. The average Bonchev–Trinajstić information content (AvgIpc) is 3.10. The maximum absolute atomic E-state index is 13.8. The van der Waals surface area contributed by atoms with Gasteiger partial charge in [-0.25, -0.2) is 9.79 Å². The lowest BCUT2D eigenvalue weighted by Gasteiger charge is -2.24. The molecule has 9 heteroatoms. The highest BCUT2D eigenvalue weighted by molar-refractivity contribution is 14.1. The number of carbonyl (C=O) groups is 1. The topological polar surface area (TPSA) is 69.9 Å². The molecule has 3 aromatic rings. The molecule has 2 heterocycles. The van der Waals surface area contributed by atoms with Crippen LogP contribution in [-0.2, 0) is 9.53 Å². The van der Waals surface area contributed by atoms with Gasteiger partial charge in [-0.05, 0) is 109 Å². The summed E-state index contributed by atoms with van der Waals surface area (Å²) in [6.07, 6.45) is 1.95. The molecule has 1 aliphatic heterocycles. The van der Waals surface area contributed by atoms with Crippen LogP contribution in [0, 0.1) is 14.1 Å². The van der Waals surface area contributed by atoms with Crippen molar-refractivity contribution in [3.05, 3.63) is 91.2 Å². The van der Waals surface area contributed by atoms with Gasteiger partial charge >= 0.3 is 5.97 Å². The van der Waals surface area contributed by atoms with E-state index in [2.05, 4.69) is 50.2 Å². The van der Waals surface area contributed by atoms with E-state index in [9.17, 15) is 9.59 Å². The number of nitrogens with zero attached hydrogens (tertiary/aromatic N) is 2. The predicted molar refractivity (Wildman–Crippen MR) is 159 cm³/mol. The fraction of sp³-hybridized carbons (Fsp3) is 0.296. The third-order valence-corrected chi connectivity index (χ3v) is 8.17. The SMILES string of the molecule is CCOC(=O)C1=C(C)N=c2s/c(=C\c3cc(I)c(OC(C)C)c(I)c3)c(=O)n2[C@H]1c1ccc(C)cc1. The van der Waals surface area contributed by atoms with Crippen LogP contribution in [0.1, 0.15) is 50.4 Å². The molecule has 2 aromatic carbocycles. The molecule has 1 atom stereocenters. The summed E-state index contributed by atoms with van der Waals surface area (Å²) < 4.78 is 15.4. The van der Waals surface area contributed by atoms with Gasteiger partial charge in [0.25, 0.3) is 5.56 Å². The van der Waals surface area contributed by atoms with Crippen LogP contribution in [0.4, 0.5) is 0 Å². The Balaban J connectivity index is 1.90. The van der Waals surface area contributed by atoms with Gasteiger partial charge in [-0.2, -0.15) is 0 Å². The zero-order valence-corrected chi connectivity index (χ0v) is 25.7. The number of benzene rings is 2. The van der Waals surface area contributed by atoms with Gasteiger partial charge in [0, 0.05) is 0 Å². The van der Waals surface area contributed by atoms with Crippen LogP contribution < -0.4 is 19.6 Å². The lowest BCUT2D eigenvalue weighted by molar-refractivity contribution is -0.139. The van der Waals surface area contributed by atoms with Crippen molar-refractivity contribution in [1.82, 2.24) is 4.57 Å². The smallest absolute Gasteiger partial charge is 0.338 e. The van der Waals surface area contributed by atoms with E-state index < -0.39 is 12.0 Å². The monoisotopic (exact) mass is 728 g/mol. The molecule has 0 saturated carbocycles. The molecular weight excluding hydrogens is 702 g/mol. The van der Waals surface area contributed by atoms with Crippen LogP contribution in [0.2, 0.25) is 0 Å². The van der Waals surface area contributed by atoms with Crippen molar-refractivity contribution in [2.45, 2.75) is 46.8 Å². The van der Waals surface area contributed by atoms with Crippen molar-refractivity contribution < 1.29 is 14.3 Å². The molecule has 0 fully saturated rings. The van der Waals surface area contributed by atoms with Crippen molar-refractivity contribution in [3.8, 4) is 5.75 Å². The number of allylic oxidation sites excluding steroid dienone is 1. The van der Waals surface area contributed by atoms with Crippen molar-refractivity contribution in [2.24, 2.45) is 4.99 Å². The standard InChI is InChI=1S/C27H26I2N2O4S/c1-6-34-26(33)22-16(5)30-27-31(23(22)18-9-7-15(4)8-10-18)25(32)21(36-27)13-17-11-19(28)24(20(29)12-17)35-14(2)3/h7-14,23H,6H2,1-5H3/b21-13-/t23-/m0/s1.